The molecule has 4 aromatic heterocycles. The van der Waals surface area contributed by atoms with Crippen molar-refractivity contribution in [2.24, 2.45) is 13.0 Å². The molecule has 30 heavy (non-hydrogen) atoms. The summed E-state index contributed by atoms with van der Waals surface area (Å²) in [5.74, 6) is -0.541. The van der Waals surface area contributed by atoms with Crippen LogP contribution in [0.1, 0.15) is 26.7 Å². The second-order valence-electron chi connectivity index (χ2n) is 6.68. The highest BCUT2D eigenvalue weighted by Gasteiger charge is 2.47. The van der Waals surface area contributed by atoms with Gasteiger partial charge in [0.05, 0.1) is 12.0 Å². The molecule has 1 aliphatic rings. The van der Waals surface area contributed by atoms with E-state index in [1.165, 1.54) is 0 Å². The summed E-state index contributed by atoms with van der Waals surface area (Å²) in [7, 11) is 1.88. The molecular weight excluding hydrogens is 415 g/mol. The first-order valence-electron chi connectivity index (χ1n) is 9.54. The Morgan fingerprint density at radius 1 is 1.13 bits per heavy atom. The van der Waals surface area contributed by atoms with Crippen LogP contribution in [-0.4, -0.2) is 42.1 Å². The summed E-state index contributed by atoms with van der Waals surface area (Å²) in [6.07, 6.45) is 0.546. The summed E-state index contributed by atoms with van der Waals surface area (Å²) in [4.78, 5) is 14.3. The molecule has 1 N–H and O–H groups in total. The van der Waals surface area contributed by atoms with Crippen LogP contribution in [0.5, 0.6) is 0 Å². The van der Waals surface area contributed by atoms with E-state index in [0.29, 0.717) is 5.82 Å². The lowest BCUT2D eigenvalue weighted by Gasteiger charge is -2.32. The number of rotatable bonds is 1. The van der Waals surface area contributed by atoms with Crippen molar-refractivity contribution < 1.29 is 18.3 Å². The molecule has 4 heterocycles. The highest BCUT2D eigenvalue weighted by Crippen LogP contribution is 2.40. The first kappa shape index (κ1) is 22.1. The Kier molecular flexibility index (Phi) is 6.67. The van der Waals surface area contributed by atoms with Crippen molar-refractivity contribution in [3.05, 3.63) is 36.1 Å². The predicted octanol–water partition coefficient (Wildman–Crippen LogP) is 4.99. The standard InChI is InChI=1S/C13H9N5S.C5H7F3O.C2H6/c1-18-7-10-4-9(6-15-12(10)17-18)11-14-5-8-2-3-19-13(8)16-11;6-5(7,8)3-1-4(9)2-3;1-2/h2-7H,1H3;3-4,9H,1-2H2;1-2H3. The van der Waals surface area contributed by atoms with Crippen LogP contribution in [0.3, 0.4) is 0 Å². The highest BCUT2D eigenvalue weighted by molar-refractivity contribution is 7.16. The lowest BCUT2D eigenvalue weighted by atomic mass is 9.82. The molecule has 0 atom stereocenters. The number of fused-ring (bicyclic) bond motifs is 2. The van der Waals surface area contributed by atoms with E-state index in [1.54, 1.807) is 22.2 Å². The fourth-order valence-electron chi connectivity index (χ4n) is 2.91. The summed E-state index contributed by atoms with van der Waals surface area (Å²) in [5.41, 5.74) is 1.65. The first-order valence-corrected chi connectivity index (χ1v) is 10.4. The van der Waals surface area contributed by atoms with Crippen LogP contribution < -0.4 is 0 Å². The van der Waals surface area contributed by atoms with Crippen LogP contribution in [0.15, 0.2) is 36.1 Å². The van der Waals surface area contributed by atoms with Gasteiger partial charge in [0.2, 0.25) is 0 Å². The smallest absolute Gasteiger partial charge is 0.392 e. The molecule has 0 radical (unpaired) electrons. The predicted molar refractivity (Wildman–Crippen MR) is 111 cm³/mol. The molecule has 6 nitrogen and oxygen atoms in total. The SMILES string of the molecule is CC.Cn1cc2cc(-c3ncc4ccsc4n3)cnc2n1.OC1CC(C(F)(F)F)C1. The zero-order chi connectivity index (χ0) is 21.9. The van der Waals surface area contributed by atoms with Crippen LogP contribution in [0.4, 0.5) is 13.2 Å². The molecule has 0 amide bonds. The second-order valence-corrected chi connectivity index (χ2v) is 7.57. The van der Waals surface area contributed by atoms with Gasteiger partial charge in [-0.15, -0.1) is 11.3 Å². The van der Waals surface area contributed by atoms with Crippen LogP contribution in [0.25, 0.3) is 32.6 Å². The fraction of sp³-hybridized carbons (Fsp3) is 0.400. The van der Waals surface area contributed by atoms with Gasteiger partial charge < -0.3 is 5.11 Å². The van der Waals surface area contributed by atoms with Crippen molar-refractivity contribution in [2.75, 3.05) is 0 Å². The van der Waals surface area contributed by atoms with Gasteiger partial charge in [0.1, 0.15) is 4.83 Å². The molecule has 0 spiro atoms. The zero-order valence-corrected chi connectivity index (χ0v) is 17.6. The zero-order valence-electron chi connectivity index (χ0n) is 16.8. The van der Waals surface area contributed by atoms with E-state index < -0.39 is 18.2 Å². The number of halogens is 3. The monoisotopic (exact) mass is 437 g/mol. The van der Waals surface area contributed by atoms with Gasteiger partial charge in [0, 0.05) is 42.0 Å². The van der Waals surface area contributed by atoms with Gasteiger partial charge in [-0.05, 0) is 30.4 Å². The quantitative estimate of drug-likeness (QED) is 0.454. The van der Waals surface area contributed by atoms with Gasteiger partial charge in [0.25, 0.3) is 0 Å². The van der Waals surface area contributed by atoms with Crippen molar-refractivity contribution in [3.8, 4) is 11.4 Å². The highest BCUT2D eigenvalue weighted by atomic mass is 32.1. The number of aryl methyl sites for hydroxylation is 1. The minimum absolute atomic E-state index is 0.108. The Morgan fingerprint density at radius 3 is 2.50 bits per heavy atom. The molecule has 0 aliphatic heterocycles. The van der Waals surface area contributed by atoms with E-state index in [0.717, 1.165) is 26.8 Å². The Labute approximate surface area is 175 Å². The molecule has 10 heteroatoms. The third kappa shape index (κ3) is 4.93. The summed E-state index contributed by atoms with van der Waals surface area (Å²) in [5, 5.41) is 16.8. The number of alkyl halides is 3. The van der Waals surface area contributed by atoms with Crippen molar-refractivity contribution in [1.82, 2.24) is 24.7 Å². The Bertz CT molecular complexity index is 1120. The maximum Gasteiger partial charge on any atom is 0.392 e. The number of aliphatic hydroxyl groups is 1. The van der Waals surface area contributed by atoms with Crippen molar-refractivity contribution >= 4 is 32.6 Å². The number of hydrogen-bond donors (Lipinski definition) is 1. The molecule has 1 saturated carbocycles. The number of hydrogen-bond acceptors (Lipinski definition) is 6. The summed E-state index contributed by atoms with van der Waals surface area (Å²) >= 11 is 1.62. The van der Waals surface area contributed by atoms with Gasteiger partial charge in [-0.1, -0.05) is 13.8 Å². The third-order valence-electron chi connectivity index (χ3n) is 4.52. The van der Waals surface area contributed by atoms with Gasteiger partial charge in [-0.25, -0.2) is 15.0 Å². The van der Waals surface area contributed by atoms with Crippen molar-refractivity contribution in [3.63, 3.8) is 0 Å². The van der Waals surface area contributed by atoms with Gasteiger partial charge in [-0.2, -0.15) is 18.3 Å². The normalized spacial score (nSPS) is 18.2. The summed E-state index contributed by atoms with van der Waals surface area (Å²) in [6, 6.07) is 4.04. The molecule has 0 aromatic carbocycles. The summed E-state index contributed by atoms with van der Waals surface area (Å²) in [6.45, 7) is 4.00. The largest absolute Gasteiger partial charge is 0.393 e. The van der Waals surface area contributed by atoms with Crippen LogP contribution >= 0.6 is 11.3 Å². The minimum atomic E-state index is -4.08. The van der Waals surface area contributed by atoms with E-state index in [4.69, 9.17) is 5.11 Å². The maximum atomic E-state index is 11.6. The molecular formula is C20H22F3N5OS. The average Bonchev–Trinajstić information content (AvgIpc) is 3.30. The fourth-order valence-corrected chi connectivity index (χ4v) is 3.64. The first-order chi connectivity index (χ1) is 14.3. The maximum absolute atomic E-state index is 11.6. The molecule has 4 aromatic rings. The number of aromatic nitrogens is 5. The van der Waals surface area contributed by atoms with E-state index in [9.17, 15) is 13.2 Å². The van der Waals surface area contributed by atoms with E-state index in [-0.39, 0.29) is 12.8 Å². The molecule has 0 bridgehead atoms. The number of aliphatic hydroxyl groups excluding tert-OH is 1. The van der Waals surface area contributed by atoms with Gasteiger partial charge in [-0.3, -0.25) is 4.68 Å². The van der Waals surface area contributed by atoms with Crippen molar-refractivity contribution in [1.29, 1.82) is 0 Å². The molecule has 0 saturated heterocycles. The lowest BCUT2D eigenvalue weighted by Crippen LogP contribution is -2.38. The van der Waals surface area contributed by atoms with Crippen LogP contribution in [-0.2, 0) is 7.05 Å². The number of pyridine rings is 1. The third-order valence-corrected chi connectivity index (χ3v) is 5.34. The molecule has 160 valence electrons. The van der Waals surface area contributed by atoms with E-state index in [2.05, 4.69) is 20.1 Å². The summed E-state index contributed by atoms with van der Waals surface area (Å²) < 4.78 is 36.4. The van der Waals surface area contributed by atoms with Crippen LogP contribution in [0, 0.1) is 5.92 Å². The Hall–Kier alpha value is -2.59. The number of thiophene rings is 1. The van der Waals surface area contributed by atoms with Crippen LogP contribution in [0.2, 0.25) is 0 Å². The molecule has 1 fully saturated rings. The number of nitrogens with zero attached hydrogens (tertiary/aromatic N) is 5. The molecule has 0 unspecified atom stereocenters. The van der Waals surface area contributed by atoms with Gasteiger partial charge in [0.15, 0.2) is 11.5 Å². The second kappa shape index (κ2) is 9.05. The molecule has 5 rings (SSSR count). The van der Waals surface area contributed by atoms with Gasteiger partial charge >= 0.3 is 6.18 Å². The Balaban J connectivity index is 0.000000197. The molecule has 1 aliphatic carbocycles. The van der Waals surface area contributed by atoms with E-state index >= 15 is 0 Å². The van der Waals surface area contributed by atoms with Crippen molar-refractivity contribution in [2.45, 2.75) is 39.0 Å². The lowest BCUT2D eigenvalue weighted by molar-refractivity contribution is -0.213. The van der Waals surface area contributed by atoms with E-state index in [1.807, 2.05) is 50.8 Å². The average molecular weight is 437 g/mol. The Morgan fingerprint density at radius 2 is 1.87 bits per heavy atom. The minimum Gasteiger partial charge on any atom is -0.393 e. The topological polar surface area (TPSA) is 76.7 Å².